The number of amides is 1. The van der Waals surface area contributed by atoms with Crippen LogP contribution in [0.25, 0.3) is 0 Å². The Kier molecular flexibility index (Phi) is 4.58. The monoisotopic (exact) mass is 281 g/mol. The molecule has 1 amide bonds. The van der Waals surface area contributed by atoms with Gasteiger partial charge in [0.15, 0.2) is 0 Å². The second-order valence-electron chi connectivity index (χ2n) is 5.32. The lowest BCUT2D eigenvalue weighted by molar-refractivity contribution is -0.132. The molecule has 1 aliphatic heterocycles. The molecule has 4 nitrogen and oxygen atoms in total. The van der Waals surface area contributed by atoms with Gasteiger partial charge in [0.25, 0.3) is 0 Å². The number of thiazole rings is 1. The van der Waals surface area contributed by atoms with E-state index in [1.165, 1.54) is 4.88 Å². The first-order chi connectivity index (χ1) is 8.99. The number of likely N-dealkylation sites (tertiary alicyclic amines) is 1. The van der Waals surface area contributed by atoms with E-state index in [2.05, 4.69) is 17.2 Å². The van der Waals surface area contributed by atoms with Crippen molar-refractivity contribution in [3.8, 4) is 0 Å². The molecule has 2 unspecified atom stereocenters. The van der Waals surface area contributed by atoms with Crippen LogP contribution < -0.4 is 5.32 Å². The van der Waals surface area contributed by atoms with E-state index < -0.39 is 0 Å². The first-order valence-electron chi connectivity index (χ1n) is 6.98. The topological polar surface area (TPSA) is 45.2 Å². The molecule has 0 saturated carbocycles. The molecule has 0 aromatic carbocycles. The third kappa shape index (κ3) is 3.34. The fourth-order valence-electron chi connectivity index (χ4n) is 2.68. The highest BCUT2D eigenvalue weighted by molar-refractivity contribution is 7.11. The van der Waals surface area contributed by atoms with Crippen LogP contribution in [-0.2, 0) is 4.79 Å². The Morgan fingerprint density at radius 1 is 1.32 bits per heavy atom. The molecule has 106 valence electrons. The first-order valence-corrected chi connectivity index (χ1v) is 7.79. The number of nitrogens with zero attached hydrogens (tertiary/aromatic N) is 2. The third-order valence-electron chi connectivity index (χ3n) is 3.62. The SMILES string of the molecule is Cc1nc(C)c(C(C)NC(C)C(=O)N2CCCC2)s1. The van der Waals surface area contributed by atoms with E-state index >= 15 is 0 Å². The van der Waals surface area contributed by atoms with E-state index in [4.69, 9.17) is 0 Å². The molecular weight excluding hydrogens is 258 g/mol. The average molecular weight is 281 g/mol. The molecular formula is C14H23N3OS. The van der Waals surface area contributed by atoms with Gasteiger partial charge in [-0.2, -0.15) is 0 Å². The van der Waals surface area contributed by atoms with E-state index in [0.717, 1.165) is 36.6 Å². The van der Waals surface area contributed by atoms with Crippen LogP contribution in [-0.4, -0.2) is 34.9 Å². The standard InChI is InChI=1S/C14H23N3OS/c1-9(13-10(2)16-12(4)19-13)15-11(3)14(18)17-7-5-6-8-17/h9,11,15H,5-8H2,1-4H3. The number of rotatable bonds is 4. The molecule has 2 heterocycles. The largest absolute Gasteiger partial charge is 0.341 e. The van der Waals surface area contributed by atoms with E-state index in [-0.39, 0.29) is 18.0 Å². The van der Waals surface area contributed by atoms with Crippen molar-refractivity contribution in [2.75, 3.05) is 13.1 Å². The summed E-state index contributed by atoms with van der Waals surface area (Å²) in [4.78, 5) is 19.9. The Morgan fingerprint density at radius 2 is 1.95 bits per heavy atom. The highest BCUT2D eigenvalue weighted by Crippen LogP contribution is 2.25. The van der Waals surface area contributed by atoms with Gasteiger partial charge in [0.2, 0.25) is 5.91 Å². The molecule has 5 heteroatoms. The van der Waals surface area contributed by atoms with Gasteiger partial charge in [-0.25, -0.2) is 4.98 Å². The number of hydrogen-bond donors (Lipinski definition) is 1. The quantitative estimate of drug-likeness (QED) is 0.922. The van der Waals surface area contributed by atoms with Gasteiger partial charge >= 0.3 is 0 Å². The number of carbonyl (C=O) groups is 1. The zero-order valence-corrected chi connectivity index (χ0v) is 13.0. The van der Waals surface area contributed by atoms with E-state index in [1.807, 2.05) is 25.7 Å². The minimum atomic E-state index is -0.130. The Balaban J connectivity index is 1.96. The summed E-state index contributed by atoms with van der Waals surface area (Å²) in [5, 5.41) is 4.49. The molecule has 0 bridgehead atoms. The molecule has 19 heavy (non-hydrogen) atoms. The summed E-state index contributed by atoms with van der Waals surface area (Å²) >= 11 is 1.71. The maximum Gasteiger partial charge on any atom is 0.239 e. The van der Waals surface area contributed by atoms with Crippen LogP contribution in [0.3, 0.4) is 0 Å². The summed E-state index contributed by atoms with van der Waals surface area (Å²) in [5.41, 5.74) is 1.07. The van der Waals surface area contributed by atoms with Crippen LogP contribution in [0.5, 0.6) is 0 Å². The van der Waals surface area contributed by atoms with Crippen molar-refractivity contribution in [1.82, 2.24) is 15.2 Å². The van der Waals surface area contributed by atoms with Gasteiger partial charge in [-0.1, -0.05) is 0 Å². The second-order valence-corrected chi connectivity index (χ2v) is 6.56. The highest BCUT2D eigenvalue weighted by Gasteiger charge is 2.25. The van der Waals surface area contributed by atoms with Crippen LogP contribution in [0, 0.1) is 13.8 Å². The number of carbonyl (C=O) groups excluding carboxylic acids is 1. The molecule has 1 aliphatic rings. The lowest BCUT2D eigenvalue weighted by Crippen LogP contribution is -2.44. The van der Waals surface area contributed by atoms with Crippen molar-refractivity contribution in [3.63, 3.8) is 0 Å². The molecule has 2 atom stereocenters. The Bertz CT molecular complexity index is 452. The van der Waals surface area contributed by atoms with Crippen molar-refractivity contribution in [2.45, 2.75) is 52.6 Å². The number of aromatic nitrogens is 1. The van der Waals surface area contributed by atoms with Gasteiger partial charge in [0.05, 0.1) is 16.7 Å². The maximum atomic E-state index is 12.3. The first kappa shape index (κ1) is 14.5. The van der Waals surface area contributed by atoms with E-state index in [1.54, 1.807) is 11.3 Å². The fourth-order valence-corrected chi connectivity index (χ4v) is 3.62. The molecule has 1 aromatic rings. The van der Waals surface area contributed by atoms with Crippen LogP contribution in [0.2, 0.25) is 0 Å². The van der Waals surface area contributed by atoms with Crippen molar-refractivity contribution in [1.29, 1.82) is 0 Å². The highest BCUT2D eigenvalue weighted by atomic mass is 32.1. The summed E-state index contributed by atoms with van der Waals surface area (Å²) in [6, 6.07) is 0.0441. The van der Waals surface area contributed by atoms with Gasteiger partial charge in [-0.3, -0.25) is 10.1 Å². The summed E-state index contributed by atoms with van der Waals surface area (Å²) in [5.74, 6) is 0.225. The molecule has 1 aromatic heterocycles. The third-order valence-corrected chi connectivity index (χ3v) is 4.88. The number of hydrogen-bond acceptors (Lipinski definition) is 4. The predicted molar refractivity (Wildman–Crippen MR) is 78.4 cm³/mol. The van der Waals surface area contributed by atoms with Crippen LogP contribution in [0.1, 0.15) is 48.3 Å². The second kappa shape index (κ2) is 6.01. The maximum absolute atomic E-state index is 12.3. The minimum Gasteiger partial charge on any atom is -0.341 e. The number of aryl methyl sites for hydroxylation is 2. The predicted octanol–water partition coefficient (Wildman–Crippen LogP) is 2.42. The van der Waals surface area contributed by atoms with E-state index in [0.29, 0.717) is 0 Å². The van der Waals surface area contributed by atoms with Gasteiger partial charge in [-0.05, 0) is 40.5 Å². The van der Waals surface area contributed by atoms with Crippen LogP contribution in [0.15, 0.2) is 0 Å². The van der Waals surface area contributed by atoms with Crippen LogP contribution >= 0.6 is 11.3 Å². The number of nitrogens with one attached hydrogen (secondary N) is 1. The zero-order chi connectivity index (χ0) is 14.0. The molecule has 1 fully saturated rings. The molecule has 2 rings (SSSR count). The Labute approximate surface area is 119 Å². The molecule has 0 radical (unpaired) electrons. The van der Waals surface area contributed by atoms with E-state index in [9.17, 15) is 4.79 Å². The molecule has 0 aliphatic carbocycles. The van der Waals surface area contributed by atoms with Gasteiger partial charge < -0.3 is 4.90 Å². The van der Waals surface area contributed by atoms with Gasteiger partial charge in [0, 0.05) is 24.0 Å². The molecule has 0 spiro atoms. The smallest absolute Gasteiger partial charge is 0.239 e. The average Bonchev–Trinajstić information content (AvgIpc) is 2.97. The van der Waals surface area contributed by atoms with Crippen molar-refractivity contribution in [2.24, 2.45) is 0 Å². The van der Waals surface area contributed by atoms with Gasteiger partial charge in [0.1, 0.15) is 0 Å². The summed E-state index contributed by atoms with van der Waals surface area (Å²) < 4.78 is 0. The lowest BCUT2D eigenvalue weighted by Gasteiger charge is -2.24. The summed E-state index contributed by atoms with van der Waals surface area (Å²) in [6.07, 6.45) is 2.28. The Hall–Kier alpha value is -0.940. The van der Waals surface area contributed by atoms with Crippen molar-refractivity contribution in [3.05, 3.63) is 15.6 Å². The minimum absolute atomic E-state index is 0.130. The summed E-state index contributed by atoms with van der Waals surface area (Å²) in [6.45, 7) is 9.95. The normalized spacial score (nSPS) is 18.6. The van der Waals surface area contributed by atoms with Gasteiger partial charge in [-0.15, -0.1) is 11.3 Å². The van der Waals surface area contributed by atoms with Crippen LogP contribution in [0.4, 0.5) is 0 Å². The van der Waals surface area contributed by atoms with Crippen molar-refractivity contribution < 1.29 is 4.79 Å². The Morgan fingerprint density at radius 3 is 2.47 bits per heavy atom. The molecule has 1 saturated heterocycles. The van der Waals surface area contributed by atoms with Crippen molar-refractivity contribution >= 4 is 17.2 Å². The fraction of sp³-hybridized carbons (Fsp3) is 0.714. The zero-order valence-electron chi connectivity index (χ0n) is 12.2. The molecule has 1 N–H and O–H groups in total. The lowest BCUT2D eigenvalue weighted by atomic mass is 10.2. The summed E-state index contributed by atoms with van der Waals surface area (Å²) in [7, 11) is 0.